The predicted molar refractivity (Wildman–Crippen MR) is 52.0 cm³/mol. The number of rotatable bonds is 2. The van der Waals surface area contributed by atoms with E-state index in [0.717, 1.165) is 4.88 Å². The highest BCUT2D eigenvalue weighted by atomic mass is 32.1. The Balaban J connectivity index is 2.41. The molecule has 1 aliphatic rings. The lowest BCUT2D eigenvalue weighted by Crippen LogP contribution is -2.31. The highest BCUT2D eigenvalue weighted by Gasteiger charge is 2.41. The van der Waals surface area contributed by atoms with Crippen molar-refractivity contribution >= 4 is 17.3 Å². The molecule has 1 aromatic heterocycles. The van der Waals surface area contributed by atoms with Crippen LogP contribution in [0.5, 0.6) is 0 Å². The minimum absolute atomic E-state index is 0.628. The second-order valence-electron chi connectivity index (χ2n) is 3.24. The maximum absolute atomic E-state index is 11.2. The fourth-order valence-corrected chi connectivity index (χ4v) is 2.62. The number of carbonyl (C=O) groups is 1. The first kappa shape index (κ1) is 8.51. The Morgan fingerprint density at radius 2 is 2.15 bits per heavy atom. The molecule has 0 fully saturated rings. The molecule has 0 bridgehead atoms. The molecule has 13 heavy (non-hydrogen) atoms. The fourth-order valence-electron chi connectivity index (χ4n) is 1.68. The molecule has 0 aromatic carbocycles. The first-order chi connectivity index (χ1) is 6.26. The maximum Gasteiger partial charge on any atom is 0.315 e. The van der Waals surface area contributed by atoms with E-state index in [-0.39, 0.29) is 0 Å². The van der Waals surface area contributed by atoms with E-state index in [9.17, 15) is 9.90 Å². The Kier molecular flexibility index (Phi) is 1.96. The van der Waals surface area contributed by atoms with Crippen molar-refractivity contribution in [2.45, 2.75) is 18.3 Å². The van der Waals surface area contributed by atoms with Gasteiger partial charge in [0.2, 0.25) is 0 Å². The van der Waals surface area contributed by atoms with E-state index in [2.05, 4.69) is 0 Å². The highest BCUT2D eigenvalue weighted by Crippen LogP contribution is 2.39. The average Bonchev–Trinajstić information content (AvgIpc) is 2.75. The summed E-state index contributed by atoms with van der Waals surface area (Å²) in [6.45, 7) is 0. The van der Waals surface area contributed by atoms with Crippen LogP contribution in [0.25, 0.3) is 0 Å². The van der Waals surface area contributed by atoms with E-state index in [1.807, 2.05) is 29.7 Å². The van der Waals surface area contributed by atoms with Crippen LogP contribution in [-0.4, -0.2) is 11.1 Å². The molecule has 2 rings (SSSR count). The van der Waals surface area contributed by atoms with Gasteiger partial charge in [0, 0.05) is 4.88 Å². The first-order valence-electron chi connectivity index (χ1n) is 4.18. The van der Waals surface area contributed by atoms with Crippen LogP contribution in [0.4, 0.5) is 0 Å². The van der Waals surface area contributed by atoms with E-state index in [1.165, 1.54) is 11.3 Å². The summed E-state index contributed by atoms with van der Waals surface area (Å²) in [5, 5.41) is 11.1. The van der Waals surface area contributed by atoms with Gasteiger partial charge in [-0.15, -0.1) is 11.3 Å². The Bertz CT molecular complexity index is 330. The van der Waals surface area contributed by atoms with Crippen LogP contribution in [0.1, 0.15) is 17.7 Å². The van der Waals surface area contributed by atoms with Crippen molar-refractivity contribution < 1.29 is 9.90 Å². The van der Waals surface area contributed by atoms with Gasteiger partial charge in [-0.25, -0.2) is 0 Å². The van der Waals surface area contributed by atoms with Gasteiger partial charge < -0.3 is 5.11 Å². The number of aliphatic carboxylic acids is 1. The van der Waals surface area contributed by atoms with Crippen LogP contribution in [0.15, 0.2) is 29.7 Å². The summed E-state index contributed by atoms with van der Waals surface area (Å²) in [6, 6.07) is 3.81. The van der Waals surface area contributed by atoms with Crippen molar-refractivity contribution in [3.63, 3.8) is 0 Å². The Labute approximate surface area is 80.5 Å². The molecule has 1 N–H and O–H groups in total. The molecule has 1 aliphatic carbocycles. The summed E-state index contributed by atoms with van der Waals surface area (Å²) >= 11 is 1.53. The normalized spacial score (nSPS) is 19.1. The van der Waals surface area contributed by atoms with Crippen LogP contribution in [-0.2, 0) is 10.2 Å². The lowest BCUT2D eigenvalue weighted by atomic mass is 9.84. The number of thiophene rings is 1. The van der Waals surface area contributed by atoms with Crippen LogP contribution in [0, 0.1) is 0 Å². The van der Waals surface area contributed by atoms with E-state index in [1.54, 1.807) is 0 Å². The SMILES string of the molecule is O=C(O)C1(c2cccs2)CC=CC1. The standard InChI is InChI=1S/C10H10O2S/c11-9(12)10(5-1-2-6-10)8-4-3-7-13-8/h1-4,7H,5-6H2,(H,11,12). The van der Waals surface area contributed by atoms with Gasteiger partial charge in [-0.2, -0.15) is 0 Å². The molecule has 3 heteroatoms. The van der Waals surface area contributed by atoms with Gasteiger partial charge in [0.1, 0.15) is 5.41 Å². The molecule has 1 heterocycles. The van der Waals surface area contributed by atoms with Crippen LogP contribution in [0.2, 0.25) is 0 Å². The van der Waals surface area contributed by atoms with Gasteiger partial charge in [-0.05, 0) is 24.3 Å². The van der Waals surface area contributed by atoms with E-state index < -0.39 is 11.4 Å². The van der Waals surface area contributed by atoms with E-state index >= 15 is 0 Å². The molecule has 0 spiro atoms. The summed E-state index contributed by atoms with van der Waals surface area (Å²) in [5.41, 5.74) is -0.659. The molecule has 0 saturated carbocycles. The van der Waals surface area contributed by atoms with Gasteiger partial charge in [-0.3, -0.25) is 4.79 Å². The summed E-state index contributed by atoms with van der Waals surface area (Å²) < 4.78 is 0. The van der Waals surface area contributed by atoms with Crippen molar-refractivity contribution in [3.05, 3.63) is 34.5 Å². The molecule has 0 saturated heterocycles. The third-order valence-electron chi connectivity index (χ3n) is 2.50. The largest absolute Gasteiger partial charge is 0.481 e. The maximum atomic E-state index is 11.2. The molecule has 0 atom stereocenters. The first-order valence-corrected chi connectivity index (χ1v) is 5.06. The lowest BCUT2D eigenvalue weighted by molar-refractivity contribution is -0.143. The molecule has 1 aromatic rings. The van der Waals surface area contributed by atoms with Crippen LogP contribution >= 0.6 is 11.3 Å². The Morgan fingerprint density at radius 1 is 1.46 bits per heavy atom. The molecule has 0 radical (unpaired) electrons. The van der Waals surface area contributed by atoms with Gasteiger partial charge >= 0.3 is 5.97 Å². The molecule has 68 valence electrons. The topological polar surface area (TPSA) is 37.3 Å². The highest BCUT2D eigenvalue weighted by molar-refractivity contribution is 7.10. The summed E-state index contributed by atoms with van der Waals surface area (Å²) in [5.74, 6) is -0.708. The zero-order valence-corrected chi connectivity index (χ0v) is 7.88. The van der Waals surface area contributed by atoms with Gasteiger partial charge in [0.05, 0.1) is 0 Å². The second kappa shape index (κ2) is 3.00. The average molecular weight is 194 g/mol. The summed E-state index contributed by atoms with van der Waals surface area (Å²) in [6.07, 6.45) is 5.16. The zero-order chi connectivity index (χ0) is 9.31. The molecular weight excluding hydrogens is 184 g/mol. The van der Waals surface area contributed by atoms with Gasteiger partial charge in [-0.1, -0.05) is 18.2 Å². The lowest BCUT2D eigenvalue weighted by Gasteiger charge is -2.21. The smallest absolute Gasteiger partial charge is 0.315 e. The third-order valence-corrected chi connectivity index (χ3v) is 3.58. The third kappa shape index (κ3) is 1.20. The minimum atomic E-state index is -0.708. The van der Waals surface area contributed by atoms with Gasteiger partial charge in [0.25, 0.3) is 0 Å². The van der Waals surface area contributed by atoms with Crippen LogP contribution < -0.4 is 0 Å². The van der Waals surface area contributed by atoms with Crippen LogP contribution in [0.3, 0.4) is 0 Å². The van der Waals surface area contributed by atoms with Crippen molar-refractivity contribution in [2.24, 2.45) is 0 Å². The number of carboxylic acid groups (broad SMARTS) is 1. The predicted octanol–water partition coefficient (Wildman–Crippen LogP) is 2.42. The fraction of sp³-hybridized carbons (Fsp3) is 0.300. The summed E-state index contributed by atoms with van der Waals surface area (Å²) in [7, 11) is 0. The number of hydrogen-bond donors (Lipinski definition) is 1. The Morgan fingerprint density at radius 3 is 2.62 bits per heavy atom. The van der Waals surface area contributed by atoms with Crippen molar-refractivity contribution in [2.75, 3.05) is 0 Å². The number of hydrogen-bond acceptors (Lipinski definition) is 2. The van der Waals surface area contributed by atoms with Gasteiger partial charge in [0.15, 0.2) is 0 Å². The zero-order valence-electron chi connectivity index (χ0n) is 7.06. The molecule has 0 aliphatic heterocycles. The molecule has 0 unspecified atom stereocenters. The molecule has 0 amide bonds. The van der Waals surface area contributed by atoms with Crippen molar-refractivity contribution in [3.8, 4) is 0 Å². The number of allylic oxidation sites excluding steroid dienone is 2. The minimum Gasteiger partial charge on any atom is -0.481 e. The quantitative estimate of drug-likeness (QED) is 0.734. The monoisotopic (exact) mass is 194 g/mol. The molecule has 2 nitrogen and oxygen atoms in total. The van der Waals surface area contributed by atoms with E-state index in [0.29, 0.717) is 12.8 Å². The van der Waals surface area contributed by atoms with Crippen molar-refractivity contribution in [1.82, 2.24) is 0 Å². The van der Waals surface area contributed by atoms with Crippen molar-refractivity contribution in [1.29, 1.82) is 0 Å². The second-order valence-corrected chi connectivity index (χ2v) is 4.19. The summed E-state index contributed by atoms with van der Waals surface area (Å²) in [4.78, 5) is 12.2. The molecular formula is C10H10O2S. The number of carboxylic acids is 1. The van der Waals surface area contributed by atoms with E-state index in [4.69, 9.17) is 0 Å². The Hall–Kier alpha value is -1.09.